The van der Waals surface area contributed by atoms with Crippen LogP contribution in [0.2, 0.25) is 0 Å². The number of nitrogens with one attached hydrogen (secondary N) is 1. The van der Waals surface area contributed by atoms with Crippen molar-refractivity contribution < 1.29 is 9.59 Å². The minimum atomic E-state index is -0.0523. The summed E-state index contributed by atoms with van der Waals surface area (Å²) in [5.74, 6) is 0.178. The van der Waals surface area contributed by atoms with Gasteiger partial charge in [0.25, 0.3) is 5.91 Å². The molecule has 0 unspecified atom stereocenters. The van der Waals surface area contributed by atoms with Crippen molar-refractivity contribution in [3.8, 4) is 0 Å². The molecule has 1 aromatic heterocycles. The Morgan fingerprint density at radius 1 is 1.08 bits per heavy atom. The van der Waals surface area contributed by atoms with Gasteiger partial charge in [0, 0.05) is 64.0 Å². The van der Waals surface area contributed by atoms with E-state index in [0.717, 1.165) is 69.5 Å². The van der Waals surface area contributed by atoms with Crippen LogP contribution in [0.15, 0.2) is 0 Å². The second-order valence-corrected chi connectivity index (χ2v) is 7.80. The molecule has 2 fully saturated rings. The molecule has 3 aliphatic rings. The van der Waals surface area contributed by atoms with Crippen molar-refractivity contribution in [1.29, 1.82) is 0 Å². The van der Waals surface area contributed by atoms with Gasteiger partial charge in [-0.2, -0.15) is 5.10 Å². The number of carbonyl (C=O) groups is 2. The summed E-state index contributed by atoms with van der Waals surface area (Å²) >= 11 is 0. The first kappa shape index (κ1) is 17.5. The van der Waals surface area contributed by atoms with Gasteiger partial charge in [-0.25, -0.2) is 0 Å². The van der Waals surface area contributed by atoms with Gasteiger partial charge >= 0.3 is 0 Å². The van der Waals surface area contributed by atoms with E-state index in [4.69, 9.17) is 0 Å². The summed E-state index contributed by atoms with van der Waals surface area (Å²) in [5, 5.41) is 7.85. The number of rotatable bonds is 2. The zero-order valence-electron chi connectivity index (χ0n) is 15.7. The molecule has 7 nitrogen and oxygen atoms in total. The number of fused-ring (bicyclic) bond motifs is 1. The molecule has 1 N–H and O–H groups in total. The molecule has 4 rings (SSSR count). The predicted molar refractivity (Wildman–Crippen MR) is 97.7 cm³/mol. The number of hydrogen-bond donors (Lipinski definition) is 1. The lowest BCUT2D eigenvalue weighted by Crippen LogP contribution is -2.48. The molecule has 1 atom stereocenters. The number of nitrogens with zero attached hydrogens (tertiary/aromatic N) is 4. The van der Waals surface area contributed by atoms with Gasteiger partial charge in [0.1, 0.15) is 0 Å². The van der Waals surface area contributed by atoms with Crippen molar-refractivity contribution >= 4 is 11.8 Å². The molecular weight excluding hydrogens is 330 g/mol. The van der Waals surface area contributed by atoms with Crippen LogP contribution in [0.4, 0.5) is 0 Å². The number of carbonyl (C=O) groups excluding carboxylic acids is 2. The van der Waals surface area contributed by atoms with Gasteiger partial charge in [-0.3, -0.25) is 14.3 Å². The number of aromatic nitrogens is 2. The van der Waals surface area contributed by atoms with E-state index in [9.17, 15) is 9.59 Å². The van der Waals surface area contributed by atoms with Gasteiger partial charge in [0.05, 0.1) is 5.92 Å². The zero-order valence-corrected chi connectivity index (χ0v) is 15.7. The fourth-order valence-electron chi connectivity index (χ4n) is 4.58. The first-order chi connectivity index (χ1) is 12.6. The Kier molecular flexibility index (Phi) is 4.98. The van der Waals surface area contributed by atoms with Gasteiger partial charge in [0.15, 0.2) is 5.69 Å². The Morgan fingerprint density at radius 3 is 2.65 bits per heavy atom. The third-order valence-corrected chi connectivity index (χ3v) is 6.04. The average molecular weight is 359 g/mol. The van der Waals surface area contributed by atoms with Crippen molar-refractivity contribution in [1.82, 2.24) is 24.9 Å². The molecule has 7 heteroatoms. The van der Waals surface area contributed by atoms with Crippen LogP contribution in [-0.2, 0) is 24.8 Å². The highest BCUT2D eigenvalue weighted by atomic mass is 16.2. The summed E-state index contributed by atoms with van der Waals surface area (Å²) in [6.07, 6.45) is 6.12. The molecule has 4 heterocycles. The largest absolute Gasteiger partial charge is 0.342 e. The van der Waals surface area contributed by atoms with E-state index < -0.39 is 0 Å². The SMILES string of the molecule is Cn1nc(C(=O)N2CCC[C@@H](C(=O)N3CCCCC3)C2)c2c1CCNC2. The molecule has 0 aliphatic carbocycles. The lowest BCUT2D eigenvalue weighted by atomic mass is 9.95. The summed E-state index contributed by atoms with van der Waals surface area (Å²) in [7, 11) is 1.92. The highest BCUT2D eigenvalue weighted by molar-refractivity contribution is 5.94. The van der Waals surface area contributed by atoms with E-state index in [0.29, 0.717) is 18.8 Å². The van der Waals surface area contributed by atoms with E-state index in [1.54, 1.807) is 0 Å². The molecule has 1 aromatic rings. The van der Waals surface area contributed by atoms with Gasteiger partial charge < -0.3 is 15.1 Å². The summed E-state index contributed by atoms with van der Waals surface area (Å²) in [5.41, 5.74) is 2.76. The maximum atomic E-state index is 13.1. The van der Waals surface area contributed by atoms with Gasteiger partial charge in [-0.15, -0.1) is 0 Å². The summed E-state index contributed by atoms with van der Waals surface area (Å²) in [6, 6.07) is 0. The maximum Gasteiger partial charge on any atom is 0.274 e. The number of aryl methyl sites for hydroxylation is 1. The maximum absolute atomic E-state index is 13.1. The Morgan fingerprint density at radius 2 is 1.85 bits per heavy atom. The quantitative estimate of drug-likeness (QED) is 0.853. The molecule has 2 saturated heterocycles. The van der Waals surface area contributed by atoms with E-state index in [-0.39, 0.29) is 17.7 Å². The lowest BCUT2D eigenvalue weighted by molar-refractivity contribution is -0.137. The minimum Gasteiger partial charge on any atom is -0.342 e. The number of hydrogen-bond acceptors (Lipinski definition) is 4. The van der Waals surface area contributed by atoms with E-state index in [1.807, 2.05) is 21.5 Å². The fourth-order valence-corrected chi connectivity index (χ4v) is 4.58. The van der Waals surface area contributed by atoms with Gasteiger partial charge in [0.2, 0.25) is 5.91 Å². The summed E-state index contributed by atoms with van der Waals surface area (Å²) < 4.78 is 1.85. The standard InChI is InChI=1S/C19H29N5O2/c1-22-16-7-8-20-12-15(16)17(21-22)19(26)24-11-5-6-14(13-24)18(25)23-9-3-2-4-10-23/h14,20H,2-13H2,1H3/t14-/m1/s1. The molecule has 26 heavy (non-hydrogen) atoms. The lowest BCUT2D eigenvalue weighted by Gasteiger charge is -2.36. The molecule has 0 spiro atoms. The molecule has 0 radical (unpaired) electrons. The summed E-state index contributed by atoms with van der Waals surface area (Å²) in [4.78, 5) is 29.8. The molecule has 142 valence electrons. The second-order valence-electron chi connectivity index (χ2n) is 7.80. The first-order valence-electron chi connectivity index (χ1n) is 9.98. The van der Waals surface area contributed by atoms with Crippen molar-refractivity contribution in [3.63, 3.8) is 0 Å². The third-order valence-electron chi connectivity index (χ3n) is 6.04. The highest BCUT2D eigenvalue weighted by Gasteiger charge is 2.34. The van der Waals surface area contributed by atoms with Crippen LogP contribution in [-0.4, -0.2) is 64.1 Å². The topological polar surface area (TPSA) is 70.5 Å². The monoisotopic (exact) mass is 359 g/mol. The van der Waals surface area contributed by atoms with E-state index in [1.165, 1.54) is 6.42 Å². The van der Waals surface area contributed by atoms with Gasteiger partial charge in [-0.1, -0.05) is 0 Å². The number of amides is 2. The number of likely N-dealkylation sites (tertiary alicyclic amines) is 2. The smallest absolute Gasteiger partial charge is 0.274 e. The Bertz CT molecular complexity index is 692. The molecule has 3 aliphatic heterocycles. The summed E-state index contributed by atoms with van der Waals surface area (Å²) in [6.45, 7) is 4.64. The molecule has 0 saturated carbocycles. The van der Waals surface area contributed by atoms with Crippen LogP contribution in [0.5, 0.6) is 0 Å². The first-order valence-corrected chi connectivity index (χ1v) is 9.98. The van der Waals surface area contributed by atoms with E-state index in [2.05, 4.69) is 10.4 Å². The Labute approximate surface area is 154 Å². The van der Waals surface area contributed by atoms with Crippen molar-refractivity contribution in [3.05, 3.63) is 17.0 Å². The second kappa shape index (κ2) is 7.39. The number of piperidine rings is 2. The zero-order chi connectivity index (χ0) is 18.1. The predicted octanol–water partition coefficient (Wildman–Crippen LogP) is 0.931. The van der Waals surface area contributed by atoms with Crippen LogP contribution < -0.4 is 5.32 Å². The molecule has 0 bridgehead atoms. The molecule has 0 aromatic carbocycles. The molecule has 2 amide bonds. The van der Waals surface area contributed by atoms with Crippen molar-refractivity contribution in [2.45, 2.75) is 45.1 Å². The Balaban J connectivity index is 1.47. The Hall–Kier alpha value is -1.89. The van der Waals surface area contributed by atoms with Crippen molar-refractivity contribution in [2.24, 2.45) is 13.0 Å². The van der Waals surface area contributed by atoms with Crippen LogP contribution >= 0.6 is 0 Å². The minimum absolute atomic E-state index is 0.0123. The van der Waals surface area contributed by atoms with Crippen LogP contribution in [0.25, 0.3) is 0 Å². The normalized spacial score (nSPS) is 23.7. The molecular formula is C19H29N5O2. The van der Waals surface area contributed by atoms with Gasteiger partial charge in [-0.05, 0) is 32.1 Å². The fraction of sp³-hybridized carbons (Fsp3) is 0.737. The van der Waals surface area contributed by atoms with Crippen LogP contribution in [0.3, 0.4) is 0 Å². The highest BCUT2D eigenvalue weighted by Crippen LogP contribution is 2.24. The third kappa shape index (κ3) is 3.24. The van der Waals surface area contributed by atoms with Crippen LogP contribution in [0.1, 0.15) is 53.8 Å². The van der Waals surface area contributed by atoms with E-state index >= 15 is 0 Å². The van der Waals surface area contributed by atoms with Crippen LogP contribution in [0, 0.1) is 5.92 Å². The average Bonchev–Trinajstić information content (AvgIpc) is 3.04. The van der Waals surface area contributed by atoms with Crippen molar-refractivity contribution in [2.75, 3.05) is 32.7 Å².